The Morgan fingerprint density at radius 2 is 1.65 bits per heavy atom. The van der Waals surface area contributed by atoms with Gasteiger partial charge in [-0.3, -0.25) is 0 Å². The molecule has 1 heterocycles. The minimum absolute atomic E-state index is 0.348. The van der Waals surface area contributed by atoms with E-state index in [1.807, 2.05) is 43.3 Å². The first-order valence-electron chi connectivity index (χ1n) is 6.37. The maximum absolute atomic E-state index is 12.0. The summed E-state index contributed by atoms with van der Waals surface area (Å²) in [6.45, 7) is 4.07. The molecule has 0 aliphatic heterocycles. The van der Waals surface area contributed by atoms with E-state index in [1.165, 1.54) is 5.56 Å². The lowest BCUT2D eigenvalue weighted by Gasteiger charge is -2.10. The molecule has 0 aliphatic rings. The molecule has 0 aliphatic carbocycles. The first-order chi connectivity index (χ1) is 9.58. The van der Waals surface area contributed by atoms with E-state index in [0.29, 0.717) is 10.1 Å². The van der Waals surface area contributed by atoms with Gasteiger partial charge < -0.3 is 4.42 Å². The van der Waals surface area contributed by atoms with Crippen LogP contribution in [0.15, 0.2) is 56.1 Å². The van der Waals surface area contributed by atoms with Crippen molar-refractivity contribution in [3.05, 3.63) is 68.5 Å². The molecule has 0 N–H and O–H groups in total. The van der Waals surface area contributed by atoms with Crippen molar-refractivity contribution in [3.8, 4) is 11.1 Å². The maximum atomic E-state index is 12.0. The van der Waals surface area contributed by atoms with Gasteiger partial charge in [0.1, 0.15) is 10.1 Å². The third kappa shape index (κ3) is 2.08. The highest BCUT2D eigenvalue weighted by Crippen LogP contribution is 2.34. The van der Waals surface area contributed by atoms with E-state index < -0.39 is 0 Å². The van der Waals surface area contributed by atoms with Gasteiger partial charge >= 0.3 is 5.63 Å². The second-order valence-corrected chi connectivity index (χ2v) is 5.67. The molecule has 3 rings (SSSR count). The topological polar surface area (TPSA) is 30.2 Å². The van der Waals surface area contributed by atoms with Gasteiger partial charge in [0.2, 0.25) is 0 Å². The van der Waals surface area contributed by atoms with Crippen molar-refractivity contribution < 1.29 is 4.42 Å². The van der Waals surface area contributed by atoms with E-state index in [0.717, 1.165) is 22.1 Å². The second kappa shape index (κ2) is 4.91. The second-order valence-electron chi connectivity index (χ2n) is 4.88. The summed E-state index contributed by atoms with van der Waals surface area (Å²) in [5, 5.41) is 0.950. The highest BCUT2D eigenvalue weighted by molar-refractivity contribution is 9.10. The van der Waals surface area contributed by atoms with Gasteiger partial charge in [-0.15, -0.1) is 0 Å². The van der Waals surface area contributed by atoms with Crippen LogP contribution in [0.3, 0.4) is 0 Å². The zero-order chi connectivity index (χ0) is 14.3. The molecule has 3 aromatic rings. The molecule has 0 fully saturated rings. The fourth-order valence-electron chi connectivity index (χ4n) is 2.32. The normalized spacial score (nSPS) is 10.9. The Labute approximate surface area is 125 Å². The van der Waals surface area contributed by atoms with Crippen molar-refractivity contribution >= 4 is 26.9 Å². The summed E-state index contributed by atoms with van der Waals surface area (Å²) in [5.74, 6) is 0. The summed E-state index contributed by atoms with van der Waals surface area (Å²) < 4.78 is 5.86. The van der Waals surface area contributed by atoms with Gasteiger partial charge in [0.05, 0.1) is 0 Å². The van der Waals surface area contributed by atoms with Crippen molar-refractivity contribution in [2.45, 2.75) is 13.8 Å². The molecule has 100 valence electrons. The highest BCUT2D eigenvalue weighted by Gasteiger charge is 2.14. The first-order valence-corrected chi connectivity index (χ1v) is 7.16. The van der Waals surface area contributed by atoms with E-state index in [4.69, 9.17) is 4.42 Å². The summed E-state index contributed by atoms with van der Waals surface area (Å²) in [5.41, 5.74) is 4.46. The molecule has 0 atom stereocenters. The predicted molar refractivity (Wildman–Crippen MR) is 85.1 cm³/mol. The monoisotopic (exact) mass is 328 g/mol. The molecular formula is C17H13BrO2. The molecule has 2 nitrogen and oxygen atoms in total. The maximum Gasteiger partial charge on any atom is 0.351 e. The number of rotatable bonds is 1. The van der Waals surface area contributed by atoms with Crippen LogP contribution >= 0.6 is 15.9 Å². The molecule has 0 amide bonds. The SMILES string of the molecule is Cc1cc2oc(=O)c(Br)c(-c3ccccc3)c2cc1C. The van der Waals surface area contributed by atoms with E-state index in [-0.39, 0.29) is 5.63 Å². The molecule has 20 heavy (non-hydrogen) atoms. The molecule has 1 aromatic heterocycles. The van der Waals surface area contributed by atoms with Crippen LogP contribution in [0.25, 0.3) is 22.1 Å². The zero-order valence-electron chi connectivity index (χ0n) is 11.2. The van der Waals surface area contributed by atoms with Crippen LogP contribution in [0, 0.1) is 13.8 Å². The highest BCUT2D eigenvalue weighted by atomic mass is 79.9. The molecule has 0 unspecified atom stereocenters. The van der Waals surface area contributed by atoms with Gasteiger partial charge in [-0.05, 0) is 58.6 Å². The lowest BCUT2D eigenvalue weighted by atomic mass is 9.99. The molecule has 0 saturated carbocycles. The predicted octanol–water partition coefficient (Wildman–Crippen LogP) is 4.84. The Morgan fingerprint density at radius 3 is 2.35 bits per heavy atom. The van der Waals surface area contributed by atoms with Crippen LogP contribution in [0.4, 0.5) is 0 Å². The Bertz CT molecular complexity index is 848. The van der Waals surface area contributed by atoms with Crippen LogP contribution in [-0.2, 0) is 0 Å². The Balaban J connectivity index is 2.49. The Morgan fingerprint density at radius 1 is 1.00 bits per heavy atom. The number of fused-ring (bicyclic) bond motifs is 1. The molecule has 3 heteroatoms. The molecule has 0 saturated heterocycles. The lowest BCUT2D eigenvalue weighted by Crippen LogP contribution is -2.03. The van der Waals surface area contributed by atoms with E-state index in [1.54, 1.807) is 0 Å². The van der Waals surface area contributed by atoms with Crippen molar-refractivity contribution in [3.63, 3.8) is 0 Å². The van der Waals surface area contributed by atoms with Gasteiger partial charge in [0, 0.05) is 10.9 Å². The summed E-state index contributed by atoms with van der Waals surface area (Å²) in [7, 11) is 0. The van der Waals surface area contributed by atoms with Crippen molar-refractivity contribution in [1.82, 2.24) is 0 Å². The number of benzene rings is 2. The standard InChI is InChI=1S/C17H13BrO2/c1-10-8-13-14(9-11(10)2)20-17(19)16(18)15(13)12-6-4-3-5-7-12/h3-9H,1-2H3. The quantitative estimate of drug-likeness (QED) is 0.598. The third-order valence-electron chi connectivity index (χ3n) is 3.53. The van der Waals surface area contributed by atoms with Crippen LogP contribution in [0.5, 0.6) is 0 Å². The fourth-order valence-corrected chi connectivity index (χ4v) is 2.84. The van der Waals surface area contributed by atoms with Gasteiger partial charge in [0.15, 0.2) is 0 Å². The third-order valence-corrected chi connectivity index (χ3v) is 4.25. The molecular weight excluding hydrogens is 316 g/mol. The minimum atomic E-state index is -0.348. The van der Waals surface area contributed by atoms with Crippen LogP contribution in [0.1, 0.15) is 11.1 Å². The van der Waals surface area contributed by atoms with E-state index >= 15 is 0 Å². The van der Waals surface area contributed by atoms with Crippen molar-refractivity contribution in [2.75, 3.05) is 0 Å². The summed E-state index contributed by atoms with van der Waals surface area (Å²) in [6.07, 6.45) is 0. The Hall–Kier alpha value is -1.87. The van der Waals surface area contributed by atoms with Gasteiger partial charge in [-0.25, -0.2) is 4.79 Å². The average Bonchev–Trinajstić information content (AvgIpc) is 2.44. The molecule has 0 bridgehead atoms. The summed E-state index contributed by atoms with van der Waals surface area (Å²) in [4.78, 5) is 12.0. The zero-order valence-corrected chi connectivity index (χ0v) is 12.8. The van der Waals surface area contributed by atoms with Crippen LogP contribution in [-0.4, -0.2) is 0 Å². The van der Waals surface area contributed by atoms with Crippen LogP contribution < -0.4 is 5.63 Å². The summed E-state index contributed by atoms with van der Waals surface area (Å²) >= 11 is 3.37. The van der Waals surface area contributed by atoms with Gasteiger partial charge in [-0.2, -0.15) is 0 Å². The number of aryl methyl sites for hydroxylation is 2. The smallest absolute Gasteiger partial charge is 0.351 e. The minimum Gasteiger partial charge on any atom is -0.422 e. The number of halogens is 1. The van der Waals surface area contributed by atoms with Gasteiger partial charge in [-0.1, -0.05) is 30.3 Å². The van der Waals surface area contributed by atoms with E-state index in [9.17, 15) is 4.79 Å². The van der Waals surface area contributed by atoms with Gasteiger partial charge in [0.25, 0.3) is 0 Å². The largest absolute Gasteiger partial charge is 0.422 e. The average molecular weight is 329 g/mol. The molecule has 2 aromatic carbocycles. The fraction of sp³-hybridized carbons (Fsp3) is 0.118. The Kier molecular flexibility index (Phi) is 3.22. The van der Waals surface area contributed by atoms with Crippen LogP contribution in [0.2, 0.25) is 0 Å². The number of hydrogen-bond acceptors (Lipinski definition) is 2. The number of hydrogen-bond donors (Lipinski definition) is 0. The van der Waals surface area contributed by atoms with Crippen molar-refractivity contribution in [1.29, 1.82) is 0 Å². The lowest BCUT2D eigenvalue weighted by molar-refractivity contribution is 0.557. The van der Waals surface area contributed by atoms with Crippen molar-refractivity contribution in [2.24, 2.45) is 0 Å². The molecule has 0 radical (unpaired) electrons. The van der Waals surface area contributed by atoms with E-state index in [2.05, 4.69) is 28.9 Å². The molecule has 0 spiro atoms. The summed E-state index contributed by atoms with van der Waals surface area (Å²) in [6, 6.07) is 13.9. The first kappa shape index (κ1) is 13.1.